The highest BCUT2D eigenvalue weighted by Crippen LogP contribution is 2.45. The number of esters is 1. The molecule has 3 aromatic rings. The van der Waals surface area contributed by atoms with Crippen molar-refractivity contribution in [3.8, 4) is 5.69 Å². The first kappa shape index (κ1) is 19.3. The van der Waals surface area contributed by atoms with Crippen molar-refractivity contribution < 1.29 is 23.4 Å². The van der Waals surface area contributed by atoms with Crippen LogP contribution in [0.4, 0.5) is 4.39 Å². The summed E-state index contributed by atoms with van der Waals surface area (Å²) in [5.74, 6) is -0.953. The zero-order valence-electron chi connectivity index (χ0n) is 16.3. The van der Waals surface area contributed by atoms with Gasteiger partial charge in [-0.2, -0.15) is 5.10 Å². The second kappa shape index (κ2) is 7.77. The smallest absolute Gasteiger partial charge is 0.358 e. The molecule has 1 saturated heterocycles. The van der Waals surface area contributed by atoms with E-state index in [0.29, 0.717) is 16.9 Å². The van der Waals surface area contributed by atoms with Crippen LogP contribution in [-0.2, 0) is 14.2 Å². The first-order valence-electron chi connectivity index (χ1n) is 9.32. The third-order valence-electron chi connectivity index (χ3n) is 4.78. The van der Waals surface area contributed by atoms with E-state index < -0.39 is 18.5 Å². The van der Waals surface area contributed by atoms with Gasteiger partial charge in [0.2, 0.25) is 6.29 Å². The Bertz CT molecular complexity index is 1010. The lowest BCUT2D eigenvalue weighted by Crippen LogP contribution is -2.30. The molecule has 2 heterocycles. The summed E-state index contributed by atoms with van der Waals surface area (Å²) >= 11 is 0. The van der Waals surface area contributed by atoms with Crippen LogP contribution in [0.3, 0.4) is 0 Å². The Hall–Kier alpha value is -3.03. The quantitative estimate of drug-likeness (QED) is 0.587. The number of carbonyl (C=O) groups is 1. The third-order valence-corrected chi connectivity index (χ3v) is 4.78. The highest BCUT2D eigenvalue weighted by atomic mass is 19.1. The molecule has 6 nitrogen and oxygen atoms in total. The molecule has 0 amide bonds. The maximum Gasteiger partial charge on any atom is 0.358 e. The lowest BCUT2D eigenvalue weighted by Gasteiger charge is -2.37. The van der Waals surface area contributed by atoms with E-state index >= 15 is 0 Å². The predicted octanol–water partition coefficient (Wildman–Crippen LogP) is 4.67. The normalized spacial score (nSPS) is 18.5. The van der Waals surface area contributed by atoms with E-state index in [1.54, 1.807) is 16.8 Å². The minimum absolute atomic E-state index is 0.0451. The molecule has 2 aromatic carbocycles. The number of methoxy groups -OCH3 is 1. The molecule has 0 atom stereocenters. The summed E-state index contributed by atoms with van der Waals surface area (Å²) in [7, 11) is 1.31. The van der Waals surface area contributed by atoms with Gasteiger partial charge < -0.3 is 14.2 Å². The molecule has 0 saturated carbocycles. The number of halogens is 1. The fourth-order valence-electron chi connectivity index (χ4n) is 3.40. The highest BCUT2D eigenvalue weighted by molar-refractivity contribution is 5.89. The Morgan fingerprint density at radius 1 is 1.07 bits per heavy atom. The van der Waals surface area contributed by atoms with Crippen LogP contribution in [0.15, 0.2) is 54.6 Å². The van der Waals surface area contributed by atoms with Crippen LogP contribution in [0.1, 0.15) is 59.7 Å². The van der Waals surface area contributed by atoms with Crippen molar-refractivity contribution in [1.82, 2.24) is 9.78 Å². The van der Waals surface area contributed by atoms with Crippen LogP contribution in [0.2, 0.25) is 0 Å². The number of aromatic nitrogens is 2. The molecule has 1 aliphatic rings. The summed E-state index contributed by atoms with van der Waals surface area (Å²) in [6.45, 7) is 3.91. The standard InChI is InChI=1S/C22H21FN2O4/c1-13(2)17-18(20(26)27-3)24-25(16-11-9-15(23)10-12-16)19(17)22-28-21(29-22)14-7-5-4-6-8-14/h4-13,21-22H,1-3H3. The number of carbonyl (C=O) groups excluding carboxylic acids is 1. The second-order valence-corrected chi connectivity index (χ2v) is 7.03. The van der Waals surface area contributed by atoms with Crippen molar-refractivity contribution in [1.29, 1.82) is 0 Å². The number of nitrogens with zero attached hydrogens (tertiary/aromatic N) is 2. The molecular weight excluding hydrogens is 375 g/mol. The zero-order valence-corrected chi connectivity index (χ0v) is 16.3. The summed E-state index contributed by atoms with van der Waals surface area (Å²) in [6, 6.07) is 15.4. The minimum Gasteiger partial charge on any atom is -0.464 e. The highest BCUT2D eigenvalue weighted by Gasteiger charge is 2.40. The molecule has 0 radical (unpaired) electrons. The van der Waals surface area contributed by atoms with Crippen molar-refractivity contribution in [2.75, 3.05) is 7.11 Å². The van der Waals surface area contributed by atoms with E-state index in [1.807, 2.05) is 44.2 Å². The van der Waals surface area contributed by atoms with E-state index in [-0.39, 0.29) is 17.4 Å². The van der Waals surface area contributed by atoms with Gasteiger partial charge in [-0.05, 0) is 30.2 Å². The first-order chi connectivity index (χ1) is 14.0. The van der Waals surface area contributed by atoms with E-state index in [4.69, 9.17) is 14.2 Å². The molecule has 1 aliphatic heterocycles. The maximum atomic E-state index is 13.4. The average Bonchev–Trinajstić information content (AvgIpc) is 3.08. The zero-order chi connectivity index (χ0) is 20.5. The molecule has 150 valence electrons. The van der Waals surface area contributed by atoms with Crippen molar-refractivity contribution in [2.45, 2.75) is 32.3 Å². The van der Waals surface area contributed by atoms with Crippen molar-refractivity contribution >= 4 is 5.97 Å². The van der Waals surface area contributed by atoms with Crippen LogP contribution in [0.5, 0.6) is 0 Å². The number of rotatable bonds is 5. The SMILES string of the molecule is COC(=O)c1nn(-c2ccc(F)cc2)c(C2OC(c3ccccc3)O2)c1C(C)C. The van der Waals surface area contributed by atoms with E-state index in [1.165, 1.54) is 19.2 Å². The molecule has 0 unspecified atom stereocenters. The summed E-state index contributed by atoms with van der Waals surface area (Å²) in [5, 5.41) is 4.46. The van der Waals surface area contributed by atoms with Gasteiger partial charge in [0.25, 0.3) is 0 Å². The third kappa shape index (κ3) is 3.54. The second-order valence-electron chi connectivity index (χ2n) is 7.03. The molecule has 29 heavy (non-hydrogen) atoms. The summed E-state index contributed by atoms with van der Waals surface area (Å²) in [6.07, 6.45) is -1.21. The van der Waals surface area contributed by atoms with Crippen LogP contribution in [0, 0.1) is 5.82 Å². The van der Waals surface area contributed by atoms with E-state index in [0.717, 1.165) is 5.56 Å². The van der Waals surface area contributed by atoms with Crippen molar-refractivity contribution in [3.63, 3.8) is 0 Å². The van der Waals surface area contributed by atoms with Gasteiger partial charge in [-0.15, -0.1) is 0 Å². The first-order valence-corrected chi connectivity index (χ1v) is 9.32. The van der Waals surface area contributed by atoms with Gasteiger partial charge >= 0.3 is 5.97 Å². The molecular formula is C22H21FN2O4. The Morgan fingerprint density at radius 2 is 1.72 bits per heavy atom. The Balaban J connectivity index is 1.77. The molecule has 0 aliphatic carbocycles. The molecule has 4 rings (SSSR count). The van der Waals surface area contributed by atoms with E-state index in [2.05, 4.69) is 5.10 Å². The van der Waals surface area contributed by atoms with Crippen LogP contribution in [0.25, 0.3) is 5.69 Å². The number of ether oxygens (including phenoxy) is 3. The molecule has 1 aromatic heterocycles. The lowest BCUT2D eigenvalue weighted by atomic mass is 9.99. The van der Waals surface area contributed by atoms with Crippen molar-refractivity contribution in [2.24, 2.45) is 0 Å². The number of hydrogen-bond acceptors (Lipinski definition) is 5. The van der Waals surface area contributed by atoms with Crippen molar-refractivity contribution in [3.05, 3.63) is 82.9 Å². The molecule has 0 spiro atoms. The van der Waals surface area contributed by atoms with Crippen LogP contribution in [-0.4, -0.2) is 22.9 Å². The average molecular weight is 396 g/mol. The minimum atomic E-state index is -0.714. The van der Waals surface area contributed by atoms with Gasteiger partial charge in [0.15, 0.2) is 12.0 Å². The Morgan fingerprint density at radius 3 is 2.31 bits per heavy atom. The Kier molecular flexibility index (Phi) is 5.17. The largest absolute Gasteiger partial charge is 0.464 e. The van der Waals surface area contributed by atoms with Crippen LogP contribution < -0.4 is 0 Å². The van der Waals surface area contributed by atoms with Gasteiger partial charge in [-0.1, -0.05) is 44.2 Å². The molecule has 7 heteroatoms. The fourth-order valence-corrected chi connectivity index (χ4v) is 3.40. The van der Waals surface area contributed by atoms with E-state index in [9.17, 15) is 9.18 Å². The fraction of sp³-hybridized carbons (Fsp3) is 0.273. The monoisotopic (exact) mass is 396 g/mol. The number of benzene rings is 2. The molecule has 0 N–H and O–H groups in total. The lowest BCUT2D eigenvalue weighted by molar-refractivity contribution is -0.399. The van der Waals surface area contributed by atoms with Gasteiger partial charge in [0.1, 0.15) is 11.5 Å². The maximum absolute atomic E-state index is 13.4. The summed E-state index contributed by atoms with van der Waals surface area (Å²) in [5.41, 5.74) is 2.96. The van der Waals surface area contributed by atoms with Gasteiger partial charge in [-0.3, -0.25) is 0 Å². The van der Waals surface area contributed by atoms with Gasteiger partial charge in [-0.25, -0.2) is 13.9 Å². The van der Waals surface area contributed by atoms with Crippen LogP contribution >= 0.6 is 0 Å². The predicted molar refractivity (Wildman–Crippen MR) is 103 cm³/mol. The molecule has 0 bridgehead atoms. The summed E-state index contributed by atoms with van der Waals surface area (Å²) < 4.78 is 31.9. The van der Waals surface area contributed by atoms with Gasteiger partial charge in [0.05, 0.1) is 12.8 Å². The number of hydrogen-bond donors (Lipinski definition) is 0. The topological polar surface area (TPSA) is 62.6 Å². The Labute approximate surface area is 167 Å². The van der Waals surface area contributed by atoms with Gasteiger partial charge in [0, 0.05) is 11.1 Å². The molecule has 1 fully saturated rings. The summed E-state index contributed by atoms with van der Waals surface area (Å²) in [4.78, 5) is 12.4.